The lowest BCUT2D eigenvalue weighted by molar-refractivity contribution is -0.384. The summed E-state index contributed by atoms with van der Waals surface area (Å²) in [6, 6.07) is 6.19. The molecule has 7 nitrogen and oxygen atoms in total. The van der Waals surface area contributed by atoms with Crippen molar-refractivity contribution in [3.63, 3.8) is 0 Å². The zero-order chi connectivity index (χ0) is 15.0. The Kier molecular flexibility index (Phi) is 6.45. The van der Waals surface area contributed by atoms with Gasteiger partial charge in [-0.3, -0.25) is 14.9 Å². The first-order valence-electron chi connectivity index (χ1n) is 6.13. The van der Waals surface area contributed by atoms with Gasteiger partial charge < -0.3 is 14.4 Å². The fraction of sp³-hybridized carbons (Fsp3) is 0.462. The number of carbonyl (C=O) groups excluding carboxylic acids is 1. The Hall–Kier alpha value is -2.15. The zero-order valence-electron chi connectivity index (χ0n) is 11.6. The molecule has 20 heavy (non-hydrogen) atoms. The van der Waals surface area contributed by atoms with E-state index < -0.39 is 4.92 Å². The highest BCUT2D eigenvalue weighted by Gasteiger charge is 2.11. The number of rotatable bonds is 8. The lowest BCUT2D eigenvalue weighted by Gasteiger charge is -2.23. The van der Waals surface area contributed by atoms with E-state index >= 15 is 0 Å². The van der Waals surface area contributed by atoms with E-state index in [1.165, 1.54) is 19.2 Å². The van der Waals surface area contributed by atoms with Gasteiger partial charge in [-0.05, 0) is 12.1 Å². The fourth-order valence-electron chi connectivity index (χ4n) is 1.68. The van der Waals surface area contributed by atoms with Crippen molar-refractivity contribution in [3.05, 3.63) is 34.4 Å². The monoisotopic (exact) mass is 282 g/mol. The highest BCUT2D eigenvalue weighted by Crippen LogP contribution is 2.19. The van der Waals surface area contributed by atoms with Gasteiger partial charge in [0.05, 0.1) is 25.1 Å². The van der Waals surface area contributed by atoms with Crippen LogP contribution in [-0.4, -0.2) is 44.8 Å². The van der Waals surface area contributed by atoms with E-state index in [4.69, 9.17) is 4.74 Å². The van der Waals surface area contributed by atoms with Crippen LogP contribution in [0, 0.1) is 10.1 Å². The number of carbonyl (C=O) groups is 1. The number of ether oxygens (including phenoxy) is 2. The summed E-state index contributed by atoms with van der Waals surface area (Å²) in [6.45, 7) is 1.55. The standard InChI is InChI=1S/C13H18N2O5/c1-19-10-9-14(8-7-13(16)20-2)11-3-5-12(6-4-11)15(17)18/h3-6H,7-10H2,1-2H3. The van der Waals surface area contributed by atoms with Crippen molar-refractivity contribution < 1.29 is 19.2 Å². The normalized spacial score (nSPS) is 10.1. The lowest BCUT2D eigenvalue weighted by atomic mass is 10.2. The summed E-state index contributed by atoms with van der Waals surface area (Å²) in [5.41, 5.74) is 0.838. The molecule has 1 rings (SSSR count). The van der Waals surface area contributed by atoms with Crippen molar-refractivity contribution in [2.24, 2.45) is 0 Å². The van der Waals surface area contributed by atoms with Crippen molar-refractivity contribution in [1.82, 2.24) is 0 Å². The Morgan fingerprint density at radius 3 is 2.40 bits per heavy atom. The minimum atomic E-state index is -0.447. The van der Waals surface area contributed by atoms with Crippen LogP contribution in [-0.2, 0) is 14.3 Å². The Bertz CT molecular complexity index is 447. The largest absolute Gasteiger partial charge is 0.469 e. The summed E-state index contributed by atoms with van der Waals surface area (Å²) in [5.74, 6) is -0.297. The number of nitro benzene ring substituents is 1. The molecule has 0 N–H and O–H groups in total. The van der Waals surface area contributed by atoms with Crippen LogP contribution in [0.15, 0.2) is 24.3 Å². The van der Waals surface area contributed by atoms with Gasteiger partial charge in [0.1, 0.15) is 0 Å². The molecule has 0 heterocycles. The molecule has 0 spiro atoms. The van der Waals surface area contributed by atoms with E-state index in [2.05, 4.69) is 4.74 Å². The lowest BCUT2D eigenvalue weighted by Crippen LogP contribution is -2.29. The summed E-state index contributed by atoms with van der Waals surface area (Å²) in [4.78, 5) is 23.3. The van der Waals surface area contributed by atoms with Crippen LogP contribution in [0.4, 0.5) is 11.4 Å². The first kappa shape index (κ1) is 15.9. The van der Waals surface area contributed by atoms with Crippen LogP contribution in [0.2, 0.25) is 0 Å². The van der Waals surface area contributed by atoms with Crippen LogP contribution in [0.25, 0.3) is 0 Å². The number of hydrogen-bond acceptors (Lipinski definition) is 6. The average Bonchev–Trinajstić information content (AvgIpc) is 2.47. The molecule has 0 saturated heterocycles. The predicted octanol–water partition coefficient (Wildman–Crippen LogP) is 1.61. The first-order valence-corrected chi connectivity index (χ1v) is 6.13. The summed E-state index contributed by atoms with van der Waals surface area (Å²) in [5, 5.41) is 10.6. The Balaban J connectivity index is 2.75. The van der Waals surface area contributed by atoms with E-state index in [-0.39, 0.29) is 18.1 Å². The number of non-ortho nitro benzene ring substituents is 1. The van der Waals surface area contributed by atoms with Crippen molar-refractivity contribution in [2.45, 2.75) is 6.42 Å². The first-order chi connectivity index (χ1) is 9.58. The third kappa shape index (κ3) is 4.85. The maximum Gasteiger partial charge on any atom is 0.307 e. The van der Waals surface area contributed by atoms with Crippen LogP contribution in [0.1, 0.15) is 6.42 Å². The van der Waals surface area contributed by atoms with Crippen molar-refractivity contribution in [2.75, 3.05) is 38.8 Å². The number of nitro groups is 1. The van der Waals surface area contributed by atoms with Crippen LogP contribution >= 0.6 is 0 Å². The minimum absolute atomic E-state index is 0.0356. The topological polar surface area (TPSA) is 81.9 Å². The number of nitrogens with zero attached hydrogens (tertiary/aromatic N) is 2. The highest BCUT2D eigenvalue weighted by molar-refractivity contribution is 5.70. The van der Waals surface area contributed by atoms with Crippen LogP contribution in [0.5, 0.6) is 0 Å². The molecule has 0 unspecified atom stereocenters. The predicted molar refractivity (Wildman–Crippen MR) is 73.8 cm³/mol. The Morgan fingerprint density at radius 1 is 1.25 bits per heavy atom. The summed E-state index contributed by atoms with van der Waals surface area (Å²) in [7, 11) is 2.93. The maximum absolute atomic E-state index is 11.2. The van der Waals surface area contributed by atoms with E-state index in [1.54, 1.807) is 19.2 Å². The van der Waals surface area contributed by atoms with Gasteiger partial charge in [0.2, 0.25) is 0 Å². The maximum atomic E-state index is 11.2. The number of anilines is 1. The smallest absolute Gasteiger partial charge is 0.307 e. The van der Waals surface area contributed by atoms with Crippen LogP contribution in [0.3, 0.4) is 0 Å². The van der Waals surface area contributed by atoms with Gasteiger partial charge in [-0.25, -0.2) is 0 Å². The molecule has 0 amide bonds. The van der Waals surface area contributed by atoms with Crippen molar-refractivity contribution in [1.29, 1.82) is 0 Å². The SMILES string of the molecule is COCCN(CCC(=O)OC)c1ccc([N+](=O)[O-])cc1. The average molecular weight is 282 g/mol. The van der Waals surface area contributed by atoms with E-state index in [0.717, 1.165) is 5.69 Å². The molecule has 0 radical (unpaired) electrons. The van der Waals surface area contributed by atoms with E-state index in [1.807, 2.05) is 4.90 Å². The molecule has 1 aromatic carbocycles. The van der Waals surface area contributed by atoms with Crippen molar-refractivity contribution in [3.8, 4) is 0 Å². The molecule has 0 fully saturated rings. The van der Waals surface area contributed by atoms with Gasteiger partial charge in [-0.1, -0.05) is 0 Å². The molecule has 0 aromatic heterocycles. The number of benzene rings is 1. The quantitative estimate of drug-likeness (QED) is 0.409. The molecule has 0 atom stereocenters. The molecule has 7 heteroatoms. The van der Waals surface area contributed by atoms with Gasteiger partial charge >= 0.3 is 5.97 Å². The fourth-order valence-corrected chi connectivity index (χ4v) is 1.68. The molecule has 0 bridgehead atoms. The molecule has 1 aromatic rings. The van der Waals surface area contributed by atoms with E-state index in [0.29, 0.717) is 19.7 Å². The van der Waals surface area contributed by atoms with Crippen molar-refractivity contribution >= 4 is 17.3 Å². The second-order valence-corrected chi connectivity index (χ2v) is 4.08. The number of hydrogen-bond donors (Lipinski definition) is 0. The van der Waals surface area contributed by atoms with E-state index in [9.17, 15) is 14.9 Å². The molecule has 0 aliphatic carbocycles. The zero-order valence-corrected chi connectivity index (χ0v) is 11.6. The van der Waals surface area contributed by atoms with Gasteiger partial charge in [-0.15, -0.1) is 0 Å². The third-order valence-corrected chi connectivity index (χ3v) is 2.80. The van der Waals surface area contributed by atoms with Gasteiger partial charge in [0, 0.05) is 38.0 Å². The number of esters is 1. The van der Waals surface area contributed by atoms with Gasteiger partial charge in [0.15, 0.2) is 0 Å². The summed E-state index contributed by atoms with van der Waals surface area (Å²) in [6.07, 6.45) is 0.247. The Morgan fingerprint density at radius 2 is 1.90 bits per heavy atom. The number of methoxy groups -OCH3 is 2. The molecule has 0 aliphatic heterocycles. The summed E-state index contributed by atoms with van der Waals surface area (Å²) >= 11 is 0. The molecule has 110 valence electrons. The molecule has 0 aliphatic rings. The molecular formula is C13H18N2O5. The third-order valence-electron chi connectivity index (χ3n) is 2.80. The minimum Gasteiger partial charge on any atom is -0.469 e. The van der Waals surface area contributed by atoms with Gasteiger partial charge in [-0.2, -0.15) is 0 Å². The molecule has 0 saturated carbocycles. The van der Waals surface area contributed by atoms with Gasteiger partial charge in [0.25, 0.3) is 5.69 Å². The molecular weight excluding hydrogens is 264 g/mol. The second-order valence-electron chi connectivity index (χ2n) is 4.08. The Labute approximate surface area is 117 Å². The highest BCUT2D eigenvalue weighted by atomic mass is 16.6. The van der Waals surface area contributed by atoms with Crippen LogP contribution < -0.4 is 4.90 Å². The summed E-state index contributed by atoms with van der Waals surface area (Å²) < 4.78 is 9.63. The second kappa shape index (κ2) is 8.11.